The predicted octanol–water partition coefficient (Wildman–Crippen LogP) is 3.98. The summed E-state index contributed by atoms with van der Waals surface area (Å²) in [4.78, 5) is 10.1. The zero-order valence-electron chi connectivity index (χ0n) is 14.9. The highest BCUT2D eigenvalue weighted by Crippen LogP contribution is 2.38. The van der Waals surface area contributed by atoms with Gasteiger partial charge in [-0.2, -0.15) is 0 Å². The number of hydrogen-bond acceptors (Lipinski definition) is 5. The Hall–Kier alpha value is -3.39. The molecule has 0 saturated carbocycles. The Morgan fingerprint density at radius 1 is 1.00 bits per heavy atom. The first-order valence-electron chi connectivity index (χ1n) is 8.45. The molecule has 3 aromatic rings. The monoisotopic (exact) mass is 396 g/mol. The standard InChI is InChI=1S/C20H16N2O5S/c1-27-19-9-8-16(22(23)24)12-20(19)28(25,26)21-15-7-6-14-10-13-4-2-3-5-17(13)18(14)11-15/h2-9,11-12,21H,10H2,1H3. The van der Waals surface area contributed by atoms with Gasteiger partial charge in [0.1, 0.15) is 10.6 Å². The second-order valence-corrected chi connectivity index (χ2v) is 8.05. The van der Waals surface area contributed by atoms with Crippen molar-refractivity contribution in [3.8, 4) is 16.9 Å². The molecule has 0 amide bonds. The topological polar surface area (TPSA) is 98.5 Å². The van der Waals surface area contributed by atoms with E-state index in [4.69, 9.17) is 4.74 Å². The molecule has 1 N–H and O–H groups in total. The van der Waals surface area contributed by atoms with Crippen LogP contribution in [0.5, 0.6) is 5.75 Å². The zero-order chi connectivity index (χ0) is 19.9. The molecule has 7 nitrogen and oxygen atoms in total. The maximum atomic E-state index is 12.9. The Morgan fingerprint density at radius 2 is 1.75 bits per heavy atom. The van der Waals surface area contributed by atoms with Crippen LogP contribution in [0.2, 0.25) is 0 Å². The minimum atomic E-state index is -4.09. The van der Waals surface area contributed by atoms with Gasteiger partial charge in [0.05, 0.1) is 12.0 Å². The molecule has 28 heavy (non-hydrogen) atoms. The third kappa shape index (κ3) is 3.07. The highest BCUT2D eigenvalue weighted by Gasteiger charge is 2.24. The Balaban J connectivity index is 1.73. The number of fused-ring (bicyclic) bond motifs is 3. The summed E-state index contributed by atoms with van der Waals surface area (Å²) in [7, 11) is -2.77. The van der Waals surface area contributed by atoms with Crippen LogP contribution in [0.4, 0.5) is 11.4 Å². The summed E-state index contributed by atoms with van der Waals surface area (Å²) < 4.78 is 33.4. The van der Waals surface area contributed by atoms with Crippen LogP contribution in [-0.2, 0) is 16.4 Å². The van der Waals surface area contributed by atoms with Gasteiger partial charge in [0.25, 0.3) is 15.7 Å². The van der Waals surface area contributed by atoms with E-state index < -0.39 is 14.9 Å². The normalized spacial score (nSPS) is 12.2. The van der Waals surface area contributed by atoms with E-state index in [1.807, 2.05) is 30.3 Å². The molecule has 1 aliphatic carbocycles. The van der Waals surface area contributed by atoms with Gasteiger partial charge in [0.2, 0.25) is 0 Å². The molecule has 0 atom stereocenters. The average Bonchev–Trinajstić information content (AvgIpc) is 3.05. The first-order chi connectivity index (χ1) is 13.4. The van der Waals surface area contributed by atoms with Gasteiger partial charge in [-0.05, 0) is 46.9 Å². The van der Waals surface area contributed by atoms with Gasteiger partial charge in [-0.3, -0.25) is 14.8 Å². The van der Waals surface area contributed by atoms with Crippen molar-refractivity contribution in [3.63, 3.8) is 0 Å². The molecule has 0 aliphatic heterocycles. The van der Waals surface area contributed by atoms with Gasteiger partial charge >= 0.3 is 0 Å². The third-order valence-electron chi connectivity index (χ3n) is 4.70. The molecule has 0 fully saturated rings. The van der Waals surface area contributed by atoms with Crippen molar-refractivity contribution in [1.82, 2.24) is 0 Å². The van der Waals surface area contributed by atoms with Gasteiger partial charge in [-0.25, -0.2) is 8.42 Å². The highest BCUT2D eigenvalue weighted by molar-refractivity contribution is 7.92. The van der Waals surface area contributed by atoms with Crippen molar-refractivity contribution in [2.45, 2.75) is 11.3 Å². The molecule has 1 aliphatic rings. The Morgan fingerprint density at radius 3 is 2.50 bits per heavy atom. The maximum Gasteiger partial charge on any atom is 0.271 e. The molecule has 4 rings (SSSR count). The minimum absolute atomic E-state index is 0.0320. The number of nitrogens with zero attached hydrogens (tertiary/aromatic N) is 1. The van der Waals surface area contributed by atoms with Crippen molar-refractivity contribution < 1.29 is 18.1 Å². The number of sulfonamides is 1. The fourth-order valence-electron chi connectivity index (χ4n) is 3.39. The molecule has 0 saturated heterocycles. The number of nitro groups is 1. The molecule has 0 unspecified atom stereocenters. The zero-order valence-corrected chi connectivity index (χ0v) is 15.7. The summed E-state index contributed by atoms with van der Waals surface area (Å²) >= 11 is 0. The number of non-ortho nitro benzene ring substituents is 1. The Labute approximate surface area is 161 Å². The number of methoxy groups -OCH3 is 1. The molecule has 0 radical (unpaired) electrons. The van der Waals surface area contributed by atoms with Crippen LogP contribution < -0.4 is 9.46 Å². The molecule has 8 heteroatoms. The van der Waals surface area contributed by atoms with Crippen molar-refractivity contribution >= 4 is 21.4 Å². The predicted molar refractivity (Wildman–Crippen MR) is 105 cm³/mol. The second-order valence-electron chi connectivity index (χ2n) is 6.40. The van der Waals surface area contributed by atoms with Crippen molar-refractivity contribution in [2.24, 2.45) is 0 Å². The summed E-state index contributed by atoms with van der Waals surface area (Å²) in [6.45, 7) is 0. The summed E-state index contributed by atoms with van der Waals surface area (Å²) in [5, 5.41) is 11.0. The maximum absolute atomic E-state index is 12.9. The summed E-state index contributed by atoms with van der Waals surface area (Å²) in [5.74, 6) is 0.0320. The van der Waals surface area contributed by atoms with Crippen LogP contribution in [0.25, 0.3) is 11.1 Å². The Bertz CT molecular complexity index is 1200. The van der Waals surface area contributed by atoms with E-state index in [0.717, 1.165) is 29.2 Å². The van der Waals surface area contributed by atoms with Crippen LogP contribution in [0.3, 0.4) is 0 Å². The fraction of sp³-hybridized carbons (Fsp3) is 0.100. The van der Waals surface area contributed by atoms with Gasteiger partial charge in [-0.1, -0.05) is 30.3 Å². The number of hydrogen-bond donors (Lipinski definition) is 1. The van der Waals surface area contributed by atoms with E-state index in [-0.39, 0.29) is 16.3 Å². The summed E-state index contributed by atoms with van der Waals surface area (Å²) in [6, 6.07) is 16.8. The SMILES string of the molecule is COc1ccc([N+](=O)[O-])cc1S(=O)(=O)Nc1ccc2c(c1)-c1ccccc1C2. The quantitative estimate of drug-likeness (QED) is 0.406. The summed E-state index contributed by atoms with van der Waals surface area (Å²) in [5.41, 5.74) is 4.41. The largest absolute Gasteiger partial charge is 0.495 e. The second kappa shape index (κ2) is 6.65. The lowest BCUT2D eigenvalue weighted by atomic mass is 10.1. The molecule has 0 heterocycles. The first kappa shape index (κ1) is 18.0. The average molecular weight is 396 g/mol. The molecular weight excluding hydrogens is 380 g/mol. The van der Waals surface area contributed by atoms with Gasteiger partial charge in [0, 0.05) is 17.8 Å². The van der Waals surface area contributed by atoms with Crippen molar-refractivity contribution in [3.05, 3.63) is 81.9 Å². The van der Waals surface area contributed by atoms with Crippen LogP contribution in [0.15, 0.2) is 65.6 Å². The Kier molecular flexibility index (Phi) is 4.27. The van der Waals surface area contributed by atoms with E-state index >= 15 is 0 Å². The number of nitrogens with one attached hydrogen (secondary N) is 1. The molecular formula is C20H16N2O5S. The van der Waals surface area contributed by atoms with Gasteiger partial charge in [0.15, 0.2) is 0 Å². The molecule has 0 bridgehead atoms. The third-order valence-corrected chi connectivity index (χ3v) is 6.10. The smallest absolute Gasteiger partial charge is 0.271 e. The molecule has 142 valence electrons. The number of benzene rings is 3. The lowest BCUT2D eigenvalue weighted by Crippen LogP contribution is -2.14. The first-order valence-corrected chi connectivity index (χ1v) is 9.94. The van der Waals surface area contributed by atoms with Gasteiger partial charge < -0.3 is 4.74 Å². The fourth-order valence-corrected chi connectivity index (χ4v) is 4.63. The van der Waals surface area contributed by atoms with Crippen LogP contribution in [-0.4, -0.2) is 20.5 Å². The van der Waals surface area contributed by atoms with E-state index in [0.29, 0.717) is 5.69 Å². The van der Waals surface area contributed by atoms with E-state index in [2.05, 4.69) is 4.72 Å². The molecule has 3 aromatic carbocycles. The van der Waals surface area contributed by atoms with E-state index in [9.17, 15) is 18.5 Å². The number of ether oxygens (including phenoxy) is 1. The van der Waals surface area contributed by atoms with Crippen LogP contribution >= 0.6 is 0 Å². The van der Waals surface area contributed by atoms with E-state index in [1.165, 1.54) is 24.8 Å². The van der Waals surface area contributed by atoms with Crippen LogP contribution in [0, 0.1) is 10.1 Å². The van der Waals surface area contributed by atoms with Crippen molar-refractivity contribution in [2.75, 3.05) is 11.8 Å². The van der Waals surface area contributed by atoms with Crippen LogP contribution in [0.1, 0.15) is 11.1 Å². The number of anilines is 1. The number of rotatable bonds is 5. The molecule has 0 spiro atoms. The minimum Gasteiger partial charge on any atom is -0.495 e. The lowest BCUT2D eigenvalue weighted by molar-refractivity contribution is -0.385. The van der Waals surface area contributed by atoms with E-state index in [1.54, 1.807) is 12.1 Å². The molecule has 0 aromatic heterocycles. The number of nitro benzene ring substituents is 1. The lowest BCUT2D eigenvalue weighted by Gasteiger charge is -2.12. The summed E-state index contributed by atoms with van der Waals surface area (Å²) in [6.07, 6.45) is 0.803. The van der Waals surface area contributed by atoms with Crippen molar-refractivity contribution in [1.29, 1.82) is 0 Å². The highest BCUT2D eigenvalue weighted by atomic mass is 32.2. The van der Waals surface area contributed by atoms with Gasteiger partial charge in [-0.15, -0.1) is 0 Å².